The van der Waals surface area contributed by atoms with Crippen LogP contribution in [0.15, 0.2) is 11.9 Å². The van der Waals surface area contributed by atoms with E-state index in [4.69, 9.17) is 10.8 Å². The monoisotopic (exact) mass is 161 g/mol. The predicted octanol–water partition coefficient (Wildman–Crippen LogP) is 1.35. The van der Waals surface area contributed by atoms with Crippen LogP contribution in [0.25, 0.3) is 0 Å². The van der Waals surface area contributed by atoms with Crippen LogP contribution in [0.1, 0.15) is 25.7 Å². The summed E-state index contributed by atoms with van der Waals surface area (Å²) in [5, 5.41) is 8.27. The van der Waals surface area contributed by atoms with Gasteiger partial charge in [0.2, 0.25) is 0 Å². The maximum absolute atomic E-state index is 12.2. The van der Waals surface area contributed by atoms with E-state index in [2.05, 4.69) is 0 Å². The normalized spacial score (nSPS) is 12.1. The van der Waals surface area contributed by atoms with Gasteiger partial charge in [0.05, 0.1) is 6.61 Å². The van der Waals surface area contributed by atoms with Gasteiger partial charge in [-0.05, 0) is 25.8 Å². The fourth-order valence-corrected chi connectivity index (χ4v) is 0.789. The van der Waals surface area contributed by atoms with Crippen LogP contribution >= 0.6 is 0 Å². The molecule has 0 radical (unpaired) electrons. The van der Waals surface area contributed by atoms with Gasteiger partial charge in [-0.1, -0.05) is 12.5 Å². The van der Waals surface area contributed by atoms with E-state index in [1.807, 2.05) is 0 Å². The summed E-state index contributed by atoms with van der Waals surface area (Å²) in [6, 6.07) is 0. The van der Waals surface area contributed by atoms with E-state index in [0.717, 1.165) is 19.3 Å². The van der Waals surface area contributed by atoms with Gasteiger partial charge in [0.1, 0.15) is 5.83 Å². The molecule has 0 saturated heterocycles. The van der Waals surface area contributed by atoms with Crippen molar-refractivity contribution in [1.82, 2.24) is 0 Å². The second-order valence-electron chi connectivity index (χ2n) is 2.45. The molecule has 0 aliphatic rings. The minimum Gasteiger partial charge on any atom is -0.389 e. The van der Waals surface area contributed by atoms with Crippen LogP contribution in [0.2, 0.25) is 0 Å². The topological polar surface area (TPSA) is 46.2 Å². The summed E-state index contributed by atoms with van der Waals surface area (Å²) in [6.07, 6.45) is 5.10. The van der Waals surface area contributed by atoms with Crippen LogP contribution in [0.4, 0.5) is 4.39 Å². The molecule has 0 spiro atoms. The number of hydrogen-bond acceptors (Lipinski definition) is 2. The van der Waals surface area contributed by atoms with Crippen molar-refractivity contribution < 1.29 is 9.50 Å². The fraction of sp³-hybridized carbons (Fsp3) is 0.750. The first-order chi connectivity index (χ1) is 5.31. The smallest absolute Gasteiger partial charge is 0.121 e. The predicted molar refractivity (Wildman–Crippen MR) is 43.8 cm³/mol. The third-order valence-electron chi connectivity index (χ3n) is 1.43. The number of allylic oxidation sites excluding steroid dienone is 1. The molecule has 3 heteroatoms. The first kappa shape index (κ1) is 10.6. The highest BCUT2D eigenvalue weighted by Gasteiger charge is 1.89. The molecule has 11 heavy (non-hydrogen) atoms. The fourth-order valence-electron chi connectivity index (χ4n) is 0.789. The molecule has 0 atom stereocenters. The lowest BCUT2D eigenvalue weighted by Crippen LogP contribution is -1.97. The first-order valence-electron chi connectivity index (χ1n) is 3.96. The number of halogens is 1. The zero-order valence-corrected chi connectivity index (χ0v) is 6.72. The van der Waals surface area contributed by atoms with Crippen molar-refractivity contribution in [3.8, 4) is 0 Å². The maximum atomic E-state index is 12.2. The summed E-state index contributed by atoms with van der Waals surface area (Å²) in [4.78, 5) is 0. The minimum absolute atomic E-state index is 0.433. The van der Waals surface area contributed by atoms with Crippen LogP contribution in [-0.4, -0.2) is 18.3 Å². The Morgan fingerprint density at radius 2 is 2.09 bits per heavy atom. The van der Waals surface area contributed by atoms with Crippen molar-refractivity contribution >= 4 is 0 Å². The Balaban J connectivity index is 3.12. The van der Waals surface area contributed by atoms with Crippen LogP contribution in [0.5, 0.6) is 0 Å². The summed E-state index contributed by atoms with van der Waals surface area (Å²) in [6.45, 7) is 0.225. The number of aliphatic hydroxyl groups excluding tert-OH is 1. The summed E-state index contributed by atoms with van der Waals surface area (Å²) in [5.41, 5.74) is 5.27. The molecule has 0 rings (SSSR count). The number of hydrogen-bond donors (Lipinski definition) is 2. The second-order valence-corrected chi connectivity index (χ2v) is 2.45. The lowest BCUT2D eigenvalue weighted by molar-refractivity contribution is 0.297. The highest BCUT2D eigenvalue weighted by atomic mass is 19.1. The molecule has 0 heterocycles. The molecule has 66 valence electrons. The molecule has 0 bridgehead atoms. The van der Waals surface area contributed by atoms with E-state index in [-0.39, 0.29) is 0 Å². The molecule has 0 unspecified atom stereocenters. The van der Waals surface area contributed by atoms with E-state index in [0.29, 0.717) is 13.0 Å². The molecule has 0 aliphatic heterocycles. The van der Waals surface area contributed by atoms with Crippen LogP contribution in [-0.2, 0) is 0 Å². The van der Waals surface area contributed by atoms with Crippen molar-refractivity contribution in [2.24, 2.45) is 5.73 Å². The standard InChI is InChI=1S/C8H16FNO/c9-8(7-11)5-3-1-2-4-6-10/h5,11H,1-4,6-7,10H2/b8-5-. The first-order valence-corrected chi connectivity index (χ1v) is 3.96. The molecule has 0 saturated carbocycles. The SMILES string of the molecule is NCCCCC/C=C(\F)CO. The van der Waals surface area contributed by atoms with Gasteiger partial charge in [0.15, 0.2) is 0 Å². The molecular formula is C8H16FNO. The molecular weight excluding hydrogens is 145 g/mol. The van der Waals surface area contributed by atoms with E-state index < -0.39 is 12.4 Å². The van der Waals surface area contributed by atoms with Crippen molar-refractivity contribution in [1.29, 1.82) is 0 Å². The summed E-state index contributed by atoms with van der Waals surface area (Å²) >= 11 is 0. The van der Waals surface area contributed by atoms with Crippen molar-refractivity contribution in [2.75, 3.05) is 13.2 Å². The largest absolute Gasteiger partial charge is 0.389 e. The summed E-state index contributed by atoms with van der Waals surface area (Å²) in [7, 11) is 0. The Bertz CT molecular complexity index is 115. The molecule has 0 aromatic heterocycles. The van der Waals surface area contributed by atoms with E-state index >= 15 is 0 Å². The third-order valence-corrected chi connectivity index (χ3v) is 1.43. The average molecular weight is 161 g/mol. The Morgan fingerprint density at radius 1 is 1.36 bits per heavy atom. The van der Waals surface area contributed by atoms with Gasteiger partial charge in [-0.25, -0.2) is 4.39 Å². The van der Waals surface area contributed by atoms with Crippen molar-refractivity contribution in [2.45, 2.75) is 25.7 Å². The molecule has 0 aliphatic carbocycles. The maximum Gasteiger partial charge on any atom is 0.121 e. The highest BCUT2D eigenvalue weighted by molar-refractivity contribution is 4.90. The second kappa shape index (κ2) is 7.69. The van der Waals surface area contributed by atoms with Gasteiger partial charge >= 0.3 is 0 Å². The number of unbranched alkanes of at least 4 members (excludes halogenated alkanes) is 3. The zero-order chi connectivity index (χ0) is 8.53. The molecule has 0 aromatic rings. The van der Waals surface area contributed by atoms with Crippen LogP contribution < -0.4 is 5.73 Å². The number of nitrogens with two attached hydrogens (primary N) is 1. The van der Waals surface area contributed by atoms with E-state index in [1.165, 1.54) is 6.08 Å². The Labute approximate surface area is 66.9 Å². The molecule has 2 nitrogen and oxygen atoms in total. The minimum atomic E-state index is -0.475. The number of aliphatic hydroxyl groups is 1. The van der Waals surface area contributed by atoms with Gasteiger partial charge in [0.25, 0.3) is 0 Å². The Morgan fingerprint density at radius 3 is 2.64 bits per heavy atom. The van der Waals surface area contributed by atoms with E-state index in [1.54, 1.807) is 0 Å². The van der Waals surface area contributed by atoms with Crippen LogP contribution in [0.3, 0.4) is 0 Å². The number of rotatable bonds is 6. The van der Waals surface area contributed by atoms with Crippen molar-refractivity contribution in [3.05, 3.63) is 11.9 Å². The van der Waals surface area contributed by atoms with Gasteiger partial charge < -0.3 is 10.8 Å². The van der Waals surface area contributed by atoms with Gasteiger partial charge in [-0.3, -0.25) is 0 Å². The Hall–Kier alpha value is -0.410. The lowest BCUT2D eigenvalue weighted by atomic mass is 10.2. The lowest BCUT2D eigenvalue weighted by Gasteiger charge is -1.94. The van der Waals surface area contributed by atoms with E-state index in [9.17, 15) is 4.39 Å². The zero-order valence-electron chi connectivity index (χ0n) is 6.72. The van der Waals surface area contributed by atoms with Gasteiger partial charge in [-0.15, -0.1) is 0 Å². The molecule has 0 aromatic carbocycles. The molecule has 0 fully saturated rings. The average Bonchev–Trinajstić information content (AvgIpc) is 2.04. The molecule has 0 amide bonds. The molecule has 3 N–H and O–H groups in total. The third kappa shape index (κ3) is 7.49. The summed E-state index contributed by atoms with van der Waals surface area (Å²) < 4.78 is 12.2. The summed E-state index contributed by atoms with van der Waals surface area (Å²) in [5.74, 6) is -0.433. The Kier molecular flexibility index (Phi) is 7.41. The van der Waals surface area contributed by atoms with Crippen molar-refractivity contribution in [3.63, 3.8) is 0 Å². The van der Waals surface area contributed by atoms with Gasteiger partial charge in [-0.2, -0.15) is 0 Å². The van der Waals surface area contributed by atoms with Crippen LogP contribution in [0, 0.1) is 0 Å². The quantitative estimate of drug-likeness (QED) is 0.578. The van der Waals surface area contributed by atoms with Gasteiger partial charge in [0, 0.05) is 0 Å². The highest BCUT2D eigenvalue weighted by Crippen LogP contribution is 2.03.